The third-order valence-corrected chi connectivity index (χ3v) is 11.4. The molecule has 2 N–H and O–H groups in total. The van der Waals surface area contributed by atoms with E-state index in [0.29, 0.717) is 81.8 Å². The zero-order chi connectivity index (χ0) is 35.0. The molecule has 0 aromatic heterocycles. The Bertz CT molecular complexity index is 1480. The number of likely N-dealkylation sites (tertiary alicyclic amines) is 2. The number of carboxylic acid groups (broad SMARTS) is 1. The molecule has 1 amide bonds. The largest absolute Gasteiger partial charge is 0.497 e. The van der Waals surface area contributed by atoms with Crippen molar-refractivity contribution < 1.29 is 46.8 Å². The summed E-state index contributed by atoms with van der Waals surface area (Å²) in [7, 11) is 1.55. The molecule has 0 spiro atoms. The first-order chi connectivity index (χ1) is 23.4. The first-order valence-corrected chi connectivity index (χ1v) is 17.1. The minimum absolute atomic E-state index is 0.161. The summed E-state index contributed by atoms with van der Waals surface area (Å²) in [5.74, 6) is -2.37. The highest BCUT2D eigenvalue weighted by atomic mass is 19.4. The Kier molecular flexibility index (Phi) is 10.2. The van der Waals surface area contributed by atoms with E-state index in [2.05, 4.69) is 0 Å². The van der Waals surface area contributed by atoms with E-state index in [1.165, 1.54) is 6.07 Å². The van der Waals surface area contributed by atoms with Gasteiger partial charge in [-0.15, -0.1) is 0 Å². The number of rotatable bonds is 8. The summed E-state index contributed by atoms with van der Waals surface area (Å²) in [6, 6.07) is 10.8. The Balaban J connectivity index is 1.22. The molecule has 0 saturated carbocycles. The van der Waals surface area contributed by atoms with Gasteiger partial charge in [-0.05, 0) is 79.8 Å². The lowest BCUT2D eigenvalue weighted by Crippen LogP contribution is -2.57. The molecule has 4 heterocycles. The van der Waals surface area contributed by atoms with Crippen molar-refractivity contribution in [3.05, 3.63) is 59.2 Å². The van der Waals surface area contributed by atoms with E-state index < -0.39 is 46.7 Å². The van der Waals surface area contributed by atoms with Gasteiger partial charge in [-0.1, -0.05) is 18.2 Å². The summed E-state index contributed by atoms with van der Waals surface area (Å²) in [6.07, 6.45) is -1.91. The van der Waals surface area contributed by atoms with E-state index in [0.717, 1.165) is 17.7 Å². The van der Waals surface area contributed by atoms with Crippen LogP contribution in [0.2, 0.25) is 0 Å². The average molecular weight is 692 g/mol. The summed E-state index contributed by atoms with van der Waals surface area (Å²) < 4.78 is 69.8. The summed E-state index contributed by atoms with van der Waals surface area (Å²) in [5.41, 5.74) is -1.88. The maximum atomic E-state index is 17.6. The smallest absolute Gasteiger partial charge is 0.416 e. The molecule has 2 atom stereocenters. The molecule has 13 heteroatoms. The van der Waals surface area contributed by atoms with Crippen LogP contribution in [0.5, 0.6) is 5.75 Å². The van der Waals surface area contributed by atoms with Crippen molar-refractivity contribution in [1.29, 1.82) is 0 Å². The fraction of sp³-hybridized carbons (Fsp3) is 0.611. The maximum absolute atomic E-state index is 17.6. The number of halogens is 4. The van der Waals surface area contributed by atoms with E-state index in [1.54, 1.807) is 36.3 Å². The topological polar surface area (TPSA) is 103 Å². The van der Waals surface area contributed by atoms with Crippen molar-refractivity contribution in [2.24, 2.45) is 5.92 Å². The Morgan fingerprint density at radius 1 is 0.980 bits per heavy atom. The molecule has 268 valence electrons. The second kappa shape index (κ2) is 14.1. The van der Waals surface area contributed by atoms with Gasteiger partial charge in [0.15, 0.2) is 0 Å². The van der Waals surface area contributed by atoms with Gasteiger partial charge in [0.2, 0.25) is 5.67 Å². The predicted molar refractivity (Wildman–Crippen MR) is 174 cm³/mol. The van der Waals surface area contributed by atoms with Crippen LogP contribution >= 0.6 is 0 Å². The summed E-state index contributed by atoms with van der Waals surface area (Å²) in [6.45, 7) is 1.93. The standard InChI is InChI=1S/C36H45F4N3O6/c1-48-28-5-2-25(3-6-28)30-21-43(34(23-44)12-18-49-19-13-34)22-35(30,37)33(47)42-16-8-24(9-17-42)29-7-4-27(36(38,39)40)20-31(29)41-14-10-26(11-15-41)32(45)46/h2-7,20,24,26,30,44H,8-19,21-23H2,1H3,(H,45,46)/t30-,35-/m0/s1. The third kappa shape index (κ3) is 6.98. The first-order valence-electron chi connectivity index (χ1n) is 17.1. The van der Waals surface area contributed by atoms with E-state index >= 15 is 4.39 Å². The quantitative estimate of drug-likeness (QED) is 0.371. The summed E-state index contributed by atoms with van der Waals surface area (Å²) in [5, 5.41) is 19.9. The van der Waals surface area contributed by atoms with Crippen LogP contribution in [0.3, 0.4) is 0 Å². The number of carboxylic acids is 1. The van der Waals surface area contributed by atoms with Gasteiger partial charge in [-0.25, -0.2) is 4.39 Å². The number of methoxy groups -OCH3 is 1. The molecule has 0 radical (unpaired) electrons. The predicted octanol–water partition coefficient (Wildman–Crippen LogP) is 5.07. The number of carbonyl (C=O) groups is 2. The van der Waals surface area contributed by atoms with Crippen LogP contribution in [0, 0.1) is 5.92 Å². The van der Waals surface area contributed by atoms with Crippen LogP contribution in [-0.4, -0.2) is 109 Å². The van der Waals surface area contributed by atoms with Gasteiger partial charge in [-0.3, -0.25) is 14.5 Å². The number of amides is 1. The van der Waals surface area contributed by atoms with E-state index in [4.69, 9.17) is 9.47 Å². The number of benzene rings is 2. The average Bonchev–Trinajstić information content (AvgIpc) is 3.50. The van der Waals surface area contributed by atoms with Crippen LogP contribution < -0.4 is 9.64 Å². The molecule has 0 aliphatic carbocycles. The van der Waals surface area contributed by atoms with Crippen LogP contribution in [0.4, 0.5) is 23.2 Å². The van der Waals surface area contributed by atoms with Crippen molar-refractivity contribution in [3.8, 4) is 5.75 Å². The molecule has 4 fully saturated rings. The zero-order valence-electron chi connectivity index (χ0n) is 27.8. The van der Waals surface area contributed by atoms with Gasteiger partial charge >= 0.3 is 12.1 Å². The number of aliphatic hydroxyl groups is 1. The normalized spacial score (nSPS) is 25.8. The molecule has 2 aromatic carbocycles. The zero-order valence-corrected chi connectivity index (χ0v) is 27.8. The highest BCUT2D eigenvalue weighted by Gasteiger charge is 2.59. The summed E-state index contributed by atoms with van der Waals surface area (Å²) >= 11 is 0. The summed E-state index contributed by atoms with van der Waals surface area (Å²) in [4.78, 5) is 31.1. The lowest BCUT2D eigenvalue weighted by molar-refractivity contribution is -0.146. The fourth-order valence-electron chi connectivity index (χ4n) is 8.29. The molecule has 0 bridgehead atoms. The lowest BCUT2D eigenvalue weighted by atomic mass is 9.83. The molecule has 0 unspecified atom stereocenters. The number of piperidine rings is 2. The molecular formula is C36H45F4N3O6. The number of alkyl halides is 4. The maximum Gasteiger partial charge on any atom is 0.416 e. The van der Waals surface area contributed by atoms with Crippen molar-refractivity contribution in [3.63, 3.8) is 0 Å². The van der Waals surface area contributed by atoms with E-state index in [9.17, 15) is 33.0 Å². The highest BCUT2D eigenvalue weighted by molar-refractivity contribution is 5.87. The van der Waals surface area contributed by atoms with E-state index in [1.807, 2.05) is 9.80 Å². The number of hydrogen-bond donors (Lipinski definition) is 2. The second-order valence-electron chi connectivity index (χ2n) is 14.0. The van der Waals surface area contributed by atoms with Gasteiger partial charge < -0.3 is 29.5 Å². The fourth-order valence-corrected chi connectivity index (χ4v) is 8.29. The van der Waals surface area contributed by atoms with Crippen LogP contribution in [0.15, 0.2) is 42.5 Å². The molecule has 49 heavy (non-hydrogen) atoms. The monoisotopic (exact) mass is 691 g/mol. The molecule has 6 rings (SSSR count). The van der Waals surface area contributed by atoms with Crippen molar-refractivity contribution in [2.75, 3.05) is 71.1 Å². The number of aliphatic carboxylic acids is 1. The Labute approximate surface area is 283 Å². The van der Waals surface area contributed by atoms with Gasteiger partial charge in [0.25, 0.3) is 5.91 Å². The number of nitrogens with zero attached hydrogens (tertiary/aromatic N) is 3. The Morgan fingerprint density at radius 2 is 1.63 bits per heavy atom. The first kappa shape index (κ1) is 35.4. The lowest BCUT2D eigenvalue weighted by Gasteiger charge is -2.43. The van der Waals surface area contributed by atoms with Gasteiger partial charge in [0.05, 0.1) is 25.2 Å². The van der Waals surface area contributed by atoms with Gasteiger partial charge in [0, 0.05) is 69.6 Å². The van der Waals surface area contributed by atoms with Gasteiger partial charge in [0.1, 0.15) is 5.75 Å². The molecule has 4 aliphatic rings. The van der Waals surface area contributed by atoms with E-state index in [-0.39, 0.29) is 38.7 Å². The molecule has 4 saturated heterocycles. The molecular weight excluding hydrogens is 646 g/mol. The Hall–Kier alpha value is -3.42. The number of anilines is 1. The minimum atomic E-state index is -4.53. The van der Waals surface area contributed by atoms with Crippen molar-refractivity contribution in [2.45, 2.75) is 67.7 Å². The Morgan fingerprint density at radius 3 is 2.20 bits per heavy atom. The SMILES string of the molecule is COc1ccc([C@@H]2CN(C3(CO)CCOCC3)C[C@@]2(F)C(=O)N2CCC(c3ccc(C(F)(F)F)cc3N3CCC(C(=O)O)CC3)CC2)cc1. The molecule has 9 nitrogen and oxygen atoms in total. The second-order valence-corrected chi connectivity index (χ2v) is 14.0. The number of ether oxygens (including phenoxy) is 2. The van der Waals surface area contributed by atoms with Crippen molar-refractivity contribution in [1.82, 2.24) is 9.80 Å². The van der Waals surface area contributed by atoms with Crippen LogP contribution in [-0.2, 0) is 20.5 Å². The number of hydrogen-bond acceptors (Lipinski definition) is 7. The van der Waals surface area contributed by atoms with Crippen molar-refractivity contribution >= 4 is 17.6 Å². The molecule has 4 aliphatic heterocycles. The highest BCUT2D eigenvalue weighted by Crippen LogP contribution is 2.47. The minimum Gasteiger partial charge on any atom is -0.497 e. The third-order valence-electron chi connectivity index (χ3n) is 11.4. The van der Waals surface area contributed by atoms with Crippen LogP contribution in [0.1, 0.15) is 67.1 Å². The number of aliphatic hydroxyl groups excluding tert-OH is 1. The number of carbonyl (C=O) groups excluding carboxylic acids is 1. The van der Waals surface area contributed by atoms with Crippen LogP contribution in [0.25, 0.3) is 0 Å². The molecule has 2 aromatic rings. The van der Waals surface area contributed by atoms with Gasteiger partial charge in [-0.2, -0.15) is 13.2 Å².